The van der Waals surface area contributed by atoms with Crippen LogP contribution >= 0.6 is 0 Å². The van der Waals surface area contributed by atoms with Crippen molar-refractivity contribution in [3.8, 4) is 0 Å². The fraction of sp³-hybridized carbons (Fsp3) is 1.00. The molecule has 0 rings (SSSR count). The van der Waals surface area contributed by atoms with Crippen molar-refractivity contribution >= 4 is 0 Å². The zero-order valence-corrected chi connectivity index (χ0v) is 7.60. The Morgan fingerprint density at radius 3 is 2.73 bits per heavy atom. The molecule has 0 saturated carbocycles. The highest BCUT2D eigenvalue weighted by Gasteiger charge is 1.94. The molecule has 0 spiro atoms. The van der Waals surface area contributed by atoms with E-state index >= 15 is 0 Å². The lowest BCUT2D eigenvalue weighted by atomic mass is 10.3. The van der Waals surface area contributed by atoms with E-state index in [1.807, 2.05) is 0 Å². The van der Waals surface area contributed by atoms with Gasteiger partial charge in [-0.15, -0.1) is 0 Å². The first-order chi connectivity index (χ1) is 5.31. The smallest absolute Gasteiger partial charge is 0.0591 e. The molecule has 68 valence electrons. The van der Waals surface area contributed by atoms with Gasteiger partial charge in [0.15, 0.2) is 0 Å². The summed E-state index contributed by atoms with van der Waals surface area (Å²) >= 11 is 0. The van der Waals surface area contributed by atoms with Crippen molar-refractivity contribution in [2.45, 2.75) is 26.3 Å². The number of ether oxygens (including phenoxy) is 1. The van der Waals surface area contributed by atoms with Crippen LogP contribution in [0, 0.1) is 0 Å². The van der Waals surface area contributed by atoms with Gasteiger partial charge in [0.25, 0.3) is 0 Å². The van der Waals surface area contributed by atoms with Gasteiger partial charge in [0.05, 0.1) is 6.61 Å². The second-order valence-corrected chi connectivity index (χ2v) is 2.70. The Labute approximate surface area is 69.3 Å². The van der Waals surface area contributed by atoms with E-state index < -0.39 is 0 Å². The third kappa shape index (κ3) is 7.78. The van der Waals surface area contributed by atoms with Crippen LogP contribution in [0.3, 0.4) is 0 Å². The molecule has 0 aliphatic carbocycles. The molecule has 0 aromatic carbocycles. The molecule has 3 nitrogen and oxygen atoms in total. The summed E-state index contributed by atoms with van der Waals surface area (Å²) in [6.07, 6.45) is 1.09. The second-order valence-electron chi connectivity index (χ2n) is 2.70. The van der Waals surface area contributed by atoms with Gasteiger partial charge in [-0.2, -0.15) is 0 Å². The molecule has 11 heavy (non-hydrogen) atoms. The normalized spacial score (nSPS) is 13.4. The Kier molecular flexibility index (Phi) is 7.89. The third-order valence-electron chi connectivity index (χ3n) is 1.44. The van der Waals surface area contributed by atoms with E-state index in [-0.39, 0.29) is 0 Å². The SMILES string of the molecule is CCCOCCN[C@@H](C)CN. The predicted molar refractivity (Wildman–Crippen MR) is 47.6 cm³/mol. The lowest BCUT2D eigenvalue weighted by Gasteiger charge is -2.10. The molecule has 0 saturated heterocycles. The summed E-state index contributed by atoms with van der Waals surface area (Å²) in [6, 6.07) is 0.403. The molecule has 0 amide bonds. The van der Waals surface area contributed by atoms with Gasteiger partial charge in [0.1, 0.15) is 0 Å². The van der Waals surface area contributed by atoms with E-state index in [2.05, 4.69) is 19.2 Å². The van der Waals surface area contributed by atoms with Gasteiger partial charge in [-0.1, -0.05) is 6.92 Å². The standard InChI is InChI=1S/C8H20N2O/c1-3-5-11-6-4-10-8(2)7-9/h8,10H,3-7,9H2,1-2H3/t8-/m0/s1. The Balaban J connectivity index is 2.89. The van der Waals surface area contributed by atoms with Crippen molar-refractivity contribution in [2.24, 2.45) is 5.73 Å². The molecular formula is C8H20N2O. The summed E-state index contributed by atoms with van der Waals surface area (Å²) in [7, 11) is 0. The van der Waals surface area contributed by atoms with Gasteiger partial charge >= 0.3 is 0 Å². The molecular weight excluding hydrogens is 140 g/mol. The lowest BCUT2D eigenvalue weighted by Crippen LogP contribution is -2.35. The van der Waals surface area contributed by atoms with Gasteiger partial charge in [0, 0.05) is 25.7 Å². The maximum Gasteiger partial charge on any atom is 0.0591 e. The van der Waals surface area contributed by atoms with Gasteiger partial charge in [-0.3, -0.25) is 0 Å². The van der Waals surface area contributed by atoms with Crippen LogP contribution < -0.4 is 11.1 Å². The average molecular weight is 160 g/mol. The van der Waals surface area contributed by atoms with Crippen molar-refractivity contribution < 1.29 is 4.74 Å². The van der Waals surface area contributed by atoms with E-state index in [0.29, 0.717) is 12.6 Å². The van der Waals surface area contributed by atoms with Crippen LogP contribution in [0.15, 0.2) is 0 Å². The van der Waals surface area contributed by atoms with Gasteiger partial charge < -0.3 is 15.8 Å². The molecule has 0 aliphatic rings. The predicted octanol–water partition coefficient (Wildman–Crippen LogP) is 0.350. The number of nitrogens with two attached hydrogens (primary N) is 1. The topological polar surface area (TPSA) is 47.3 Å². The summed E-state index contributed by atoms with van der Waals surface area (Å²) in [5.41, 5.74) is 5.41. The maximum atomic E-state index is 5.41. The fourth-order valence-electron chi connectivity index (χ4n) is 0.707. The van der Waals surface area contributed by atoms with E-state index in [1.54, 1.807) is 0 Å². The minimum atomic E-state index is 0.403. The van der Waals surface area contributed by atoms with Crippen LogP contribution in [0.5, 0.6) is 0 Å². The summed E-state index contributed by atoms with van der Waals surface area (Å²) in [6.45, 7) is 7.42. The number of hydrogen-bond donors (Lipinski definition) is 2. The van der Waals surface area contributed by atoms with Crippen molar-refractivity contribution in [3.05, 3.63) is 0 Å². The summed E-state index contributed by atoms with van der Waals surface area (Å²) < 4.78 is 5.27. The van der Waals surface area contributed by atoms with Crippen LogP contribution in [-0.4, -0.2) is 32.3 Å². The molecule has 0 aliphatic heterocycles. The van der Waals surface area contributed by atoms with E-state index in [1.165, 1.54) is 0 Å². The summed E-state index contributed by atoms with van der Waals surface area (Å²) in [5.74, 6) is 0. The quantitative estimate of drug-likeness (QED) is 0.528. The first kappa shape index (κ1) is 10.9. The van der Waals surface area contributed by atoms with Crippen LogP contribution in [0.25, 0.3) is 0 Å². The van der Waals surface area contributed by atoms with Gasteiger partial charge in [0.2, 0.25) is 0 Å². The van der Waals surface area contributed by atoms with E-state index in [4.69, 9.17) is 10.5 Å². The van der Waals surface area contributed by atoms with Crippen molar-refractivity contribution in [1.29, 1.82) is 0 Å². The lowest BCUT2D eigenvalue weighted by molar-refractivity contribution is 0.135. The number of hydrogen-bond acceptors (Lipinski definition) is 3. The molecule has 0 fully saturated rings. The van der Waals surface area contributed by atoms with Crippen molar-refractivity contribution in [3.63, 3.8) is 0 Å². The highest BCUT2D eigenvalue weighted by molar-refractivity contribution is 4.59. The van der Waals surface area contributed by atoms with Crippen LogP contribution in [0.1, 0.15) is 20.3 Å². The highest BCUT2D eigenvalue weighted by atomic mass is 16.5. The first-order valence-corrected chi connectivity index (χ1v) is 4.32. The second kappa shape index (κ2) is 7.98. The van der Waals surface area contributed by atoms with Crippen molar-refractivity contribution in [1.82, 2.24) is 5.32 Å². The largest absolute Gasteiger partial charge is 0.380 e. The van der Waals surface area contributed by atoms with Crippen LogP contribution in [-0.2, 0) is 4.74 Å². The van der Waals surface area contributed by atoms with Gasteiger partial charge in [-0.25, -0.2) is 0 Å². The average Bonchev–Trinajstić information content (AvgIpc) is 2.04. The van der Waals surface area contributed by atoms with E-state index in [9.17, 15) is 0 Å². The van der Waals surface area contributed by atoms with Gasteiger partial charge in [-0.05, 0) is 13.3 Å². The first-order valence-electron chi connectivity index (χ1n) is 4.32. The zero-order chi connectivity index (χ0) is 8.53. The Bertz CT molecular complexity index is 78.5. The molecule has 0 unspecified atom stereocenters. The highest BCUT2D eigenvalue weighted by Crippen LogP contribution is 1.80. The Hall–Kier alpha value is -0.120. The molecule has 0 bridgehead atoms. The molecule has 0 radical (unpaired) electrons. The zero-order valence-electron chi connectivity index (χ0n) is 7.60. The Morgan fingerprint density at radius 1 is 1.45 bits per heavy atom. The van der Waals surface area contributed by atoms with Crippen LogP contribution in [0.4, 0.5) is 0 Å². The Morgan fingerprint density at radius 2 is 2.18 bits per heavy atom. The maximum absolute atomic E-state index is 5.41. The minimum Gasteiger partial charge on any atom is -0.380 e. The number of nitrogens with one attached hydrogen (secondary N) is 1. The molecule has 0 aromatic heterocycles. The summed E-state index contributed by atoms with van der Waals surface area (Å²) in [4.78, 5) is 0. The van der Waals surface area contributed by atoms with Crippen LogP contribution in [0.2, 0.25) is 0 Å². The van der Waals surface area contributed by atoms with Crippen molar-refractivity contribution in [2.75, 3.05) is 26.3 Å². The molecule has 0 aromatic rings. The minimum absolute atomic E-state index is 0.403. The summed E-state index contributed by atoms with van der Waals surface area (Å²) in [5, 5.41) is 3.24. The molecule has 3 heteroatoms. The molecule has 1 atom stereocenters. The monoisotopic (exact) mass is 160 g/mol. The van der Waals surface area contributed by atoms with E-state index in [0.717, 1.165) is 26.2 Å². The number of rotatable bonds is 7. The molecule has 0 heterocycles. The molecule has 3 N–H and O–H groups in total. The fourth-order valence-corrected chi connectivity index (χ4v) is 0.707. The third-order valence-corrected chi connectivity index (χ3v) is 1.44.